The van der Waals surface area contributed by atoms with Crippen LogP contribution in [0.1, 0.15) is 53.7 Å². The molecule has 0 spiro atoms. The summed E-state index contributed by atoms with van der Waals surface area (Å²) in [6.07, 6.45) is 8.57. The highest BCUT2D eigenvalue weighted by molar-refractivity contribution is 5.95. The van der Waals surface area contributed by atoms with Gasteiger partial charge in [0.2, 0.25) is 0 Å². The van der Waals surface area contributed by atoms with Gasteiger partial charge in [-0.15, -0.1) is 0 Å². The Morgan fingerprint density at radius 1 is 1.06 bits per heavy atom. The van der Waals surface area contributed by atoms with Crippen molar-refractivity contribution in [1.29, 1.82) is 0 Å². The summed E-state index contributed by atoms with van der Waals surface area (Å²) in [6, 6.07) is 13.6. The van der Waals surface area contributed by atoms with E-state index in [-0.39, 0.29) is 11.5 Å². The van der Waals surface area contributed by atoms with Crippen LogP contribution in [-0.4, -0.2) is 46.2 Å². The fourth-order valence-corrected chi connectivity index (χ4v) is 4.78. The van der Waals surface area contributed by atoms with Crippen LogP contribution < -0.4 is 5.32 Å². The molecule has 31 heavy (non-hydrogen) atoms. The van der Waals surface area contributed by atoms with E-state index in [0.29, 0.717) is 31.6 Å². The van der Waals surface area contributed by atoms with Crippen LogP contribution in [0.3, 0.4) is 0 Å². The molecule has 0 bridgehead atoms. The second kappa shape index (κ2) is 8.71. The summed E-state index contributed by atoms with van der Waals surface area (Å²) >= 11 is 0. The summed E-state index contributed by atoms with van der Waals surface area (Å²) < 4.78 is 14.5. The molecular formula is C25H27FN4O. The van der Waals surface area contributed by atoms with Gasteiger partial charge >= 0.3 is 0 Å². The molecule has 1 aromatic heterocycles. The van der Waals surface area contributed by atoms with Crippen molar-refractivity contribution < 1.29 is 9.18 Å². The SMILES string of the molecule is O=C(c1cc(Cc2nncc3ccccc23)ccc1F)N1CC(NC2CCCCC2)C1. The molecule has 0 atom stereocenters. The number of nitrogens with zero attached hydrogens (tertiary/aromatic N) is 3. The van der Waals surface area contributed by atoms with E-state index in [9.17, 15) is 9.18 Å². The van der Waals surface area contributed by atoms with Crippen LogP contribution >= 0.6 is 0 Å². The Hall–Kier alpha value is -2.86. The van der Waals surface area contributed by atoms with Crippen molar-refractivity contribution in [1.82, 2.24) is 20.4 Å². The Morgan fingerprint density at radius 3 is 2.71 bits per heavy atom. The van der Waals surface area contributed by atoms with E-state index in [1.165, 1.54) is 38.2 Å². The Balaban J connectivity index is 1.27. The second-order valence-electron chi connectivity index (χ2n) is 8.78. The van der Waals surface area contributed by atoms with Gasteiger partial charge in [-0.25, -0.2) is 4.39 Å². The van der Waals surface area contributed by atoms with Crippen LogP contribution in [0, 0.1) is 5.82 Å². The number of hydrogen-bond acceptors (Lipinski definition) is 4. The van der Waals surface area contributed by atoms with E-state index < -0.39 is 5.82 Å². The Kier molecular flexibility index (Phi) is 5.64. The number of aromatic nitrogens is 2. The molecule has 0 unspecified atom stereocenters. The van der Waals surface area contributed by atoms with E-state index in [1.807, 2.05) is 24.3 Å². The van der Waals surface area contributed by atoms with Crippen molar-refractivity contribution in [2.24, 2.45) is 0 Å². The Bertz CT molecular complexity index is 1080. The van der Waals surface area contributed by atoms with E-state index in [1.54, 1.807) is 23.2 Å². The molecular weight excluding hydrogens is 391 g/mol. The summed E-state index contributed by atoms with van der Waals surface area (Å²) in [5.41, 5.74) is 1.82. The van der Waals surface area contributed by atoms with Crippen molar-refractivity contribution in [2.75, 3.05) is 13.1 Å². The highest BCUT2D eigenvalue weighted by Gasteiger charge is 2.33. The molecule has 6 heteroatoms. The van der Waals surface area contributed by atoms with Gasteiger partial charge in [0.05, 0.1) is 17.5 Å². The van der Waals surface area contributed by atoms with Crippen LogP contribution in [0.25, 0.3) is 10.8 Å². The first-order valence-electron chi connectivity index (χ1n) is 11.2. The van der Waals surface area contributed by atoms with E-state index in [2.05, 4.69) is 15.5 Å². The molecule has 2 fully saturated rings. The van der Waals surface area contributed by atoms with Gasteiger partial charge in [0, 0.05) is 42.4 Å². The van der Waals surface area contributed by atoms with Crippen LogP contribution in [0.2, 0.25) is 0 Å². The number of carbonyl (C=O) groups is 1. The molecule has 2 aliphatic rings. The lowest BCUT2D eigenvalue weighted by Gasteiger charge is -2.42. The number of likely N-dealkylation sites (tertiary alicyclic amines) is 1. The average Bonchev–Trinajstić information content (AvgIpc) is 2.78. The van der Waals surface area contributed by atoms with Crippen LogP contribution in [0.15, 0.2) is 48.7 Å². The van der Waals surface area contributed by atoms with E-state index >= 15 is 0 Å². The van der Waals surface area contributed by atoms with Crippen molar-refractivity contribution in [2.45, 2.75) is 50.6 Å². The minimum absolute atomic E-state index is 0.141. The number of benzene rings is 2. The van der Waals surface area contributed by atoms with Gasteiger partial charge < -0.3 is 10.2 Å². The van der Waals surface area contributed by atoms with Crippen molar-refractivity contribution in [3.63, 3.8) is 0 Å². The topological polar surface area (TPSA) is 58.1 Å². The van der Waals surface area contributed by atoms with Gasteiger partial charge in [0.25, 0.3) is 5.91 Å². The minimum Gasteiger partial charge on any atom is -0.335 e. The van der Waals surface area contributed by atoms with Gasteiger partial charge in [-0.3, -0.25) is 4.79 Å². The zero-order valence-electron chi connectivity index (χ0n) is 17.6. The molecule has 2 heterocycles. The molecule has 5 nitrogen and oxygen atoms in total. The third kappa shape index (κ3) is 4.30. The van der Waals surface area contributed by atoms with Gasteiger partial charge in [-0.2, -0.15) is 10.2 Å². The number of nitrogens with one attached hydrogen (secondary N) is 1. The lowest BCUT2D eigenvalue weighted by Crippen LogP contribution is -2.61. The highest BCUT2D eigenvalue weighted by atomic mass is 19.1. The molecule has 0 radical (unpaired) electrons. The molecule has 1 amide bonds. The van der Waals surface area contributed by atoms with Crippen LogP contribution in [0.5, 0.6) is 0 Å². The third-order valence-electron chi connectivity index (χ3n) is 6.53. The first-order valence-corrected chi connectivity index (χ1v) is 11.2. The quantitative estimate of drug-likeness (QED) is 0.678. The van der Waals surface area contributed by atoms with Crippen molar-refractivity contribution in [3.05, 3.63) is 71.3 Å². The van der Waals surface area contributed by atoms with Crippen molar-refractivity contribution in [3.8, 4) is 0 Å². The maximum absolute atomic E-state index is 14.5. The highest BCUT2D eigenvalue weighted by Crippen LogP contribution is 2.23. The lowest BCUT2D eigenvalue weighted by atomic mass is 9.94. The maximum atomic E-state index is 14.5. The number of amides is 1. The molecule has 160 valence electrons. The number of rotatable bonds is 5. The fraction of sp³-hybridized carbons (Fsp3) is 0.400. The van der Waals surface area contributed by atoms with Crippen molar-refractivity contribution >= 4 is 16.7 Å². The molecule has 1 aliphatic carbocycles. The molecule has 3 aromatic rings. The summed E-state index contributed by atoms with van der Waals surface area (Å²) in [5, 5.41) is 14.1. The average molecular weight is 419 g/mol. The summed E-state index contributed by atoms with van der Waals surface area (Å²) in [6.45, 7) is 1.29. The molecule has 5 rings (SSSR count). The first kappa shape index (κ1) is 20.1. The number of carbonyl (C=O) groups excluding carboxylic acids is 1. The molecule has 1 aliphatic heterocycles. The van der Waals surface area contributed by atoms with Gasteiger partial charge in [0.15, 0.2) is 0 Å². The predicted molar refractivity (Wildman–Crippen MR) is 118 cm³/mol. The molecule has 1 N–H and O–H groups in total. The Labute approximate surface area is 181 Å². The number of halogens is 1. The largest absolute Gasteiger partial charge is 0.335 e. The summed E-state index contributed by atoms with van der Waals surface area (Å²) in [4.78, 5) is 14.7. The molecule has 1 saturated heterocycles. The second-order valence-corrected chi connectivity index (χ2v) is 8.78. The zero-order valence-corrected chi connectivity index (χ0v) is 17.6. The smallest absolute Gasteiger partial charge is 0.256 e. The molecule has 1 saturated carbocycles. The lowest BCUT2D eigenvalue weighted by molar-refractivity contribution is 0.0539. The van der Waals surface area contributed by atoms with E-state index in [4.69, 9.17) is 0 Å². The Morgan fingerprint density at radius 2 is 1.87 bits per heavy atom. The fourth-order valence-electron chi connectivity index (χ4n) is 4.78. The van der Waals surface area contributed by atoms with Gasteiger partial charge in [-0.05, 0) is 30.5 Å². The summed E-state index contributed by atoms with van der Waals surface area (Å²) in [7, 11) is 0. The van der Waals surface area contributed by atoms with Gasteiger partial charge in [0.1, 0.15) is 5.82 Å². The van der Waals surface area contributed by atoms with Crippen LogP contribution in [-0.2, 0) is 6.42 Å². The number of hydrogen-bond donors (Lipinski definition) is 1. The first-order chi connectivity index (χ1) is 15.2. The van der Waals surface area contributed by atoms with Crippen LogP contribution in [0.4, 0.5) is 4.39 Å². The zero-order chi connectivity index (χ0) is 21.2. The predicted octanol–water partition coefficient (Wildman–Crippen LogP) is 4.11. The minimum atomic E-state index is -0.471. The number of fused-ring (bicyclic) bond motifs is 1. The van der Waals surface area contributed by atoms with E-state index in [0.717, 1.165) is 22.0 Å². The standard InChI is InChI=1S/C25H27FN4O/c26-23-11-10-17(13-24-21-9-5-4-6-18(21)14-27-29-24)12-22(23)25(31)30-15-20(16-30)28-19-7-2-1-3-8-19/h4-6,9-12,14,19-20,28H,1-3,7-8,13,15-16H2. The monoisotopic (exact) mass is 418 g/mol. The normalized spacial score (nSPS) is 17.6. The third-order valence-corrected chi connectivity index (χ3v) is 6.53. The van der Waals surface area contributed by atoms with Gasteiger partial charge in [-0.1, -0.05) is 49.6 Å². The summed E-state index contributed by atoms with van der Waals surface area (Å²) in [5.74, 6) is -0.702. The maximum Gasteiger partial charge on any atom is 0.256 e. The molecule has 2 aromatic carbocycles.